The van der Waals surface area contributed by atoms with Crippen LogP contribution < -0.4 is 14.8 Å². The third-order valence-electron chi connectivity index (χ3n) is 4.30. The number of nitrogens with one attached hydrogen (secondary N) is 1. The van der Waals surface area contributed by atoms with Crippen LogP contribution >= 0.6 is 11.3 Å². The number of carbonyl (C=O) groups excluding carboxylic acids is 1. The van der Waals surface area contributed by atoms with E-state index in [2.05, 4.69) is 22.4 Å². The van der Waals surface area contributed by atoms with Crippen molar-refractivity contribution in [1.82, 2.24) is 10.3 Å². The van der Waals surface area contributed by atoms with Crippen LogP contribution in [0.3, 0.4) is 0 Å². The number of nitrogens with zero attached hydrogens (tertiary/aromatic N) is 1. The van der Waals surface area contributed by atoms with Gasteiger partial charge >= 0.3 is 0 Å². The molecule has 1 aliphatic heterocycles. The molecule has 6 heteroatoms. The van der Waals surface area contributed by atoms with Crippen LogP contribution in [0, 0.1) is 6.92 Å². The molecule has 0 saturated carbocycles. The summed E-state index contributed by atoms with van der Waals surface area (Å²) in [7, 11) is 0. The van der Waals surface area contributed by atoms with Crippen molar-refractivity contribution in [3.8, 4) is 11.5 Å². The predicted molar refractivity (Wildman–Crippen MR) is 105 cm³/mol. The maximum absolute atomic E-state index is 12.6. The Kier molecular flexibility index (Phi) is 5.07. The van der Waals surface area contributed by atoms with Gasteiger partial charge in [-0.05, 0) is 30.2 Å². The topological polar surface area (TPSA) is 60.5 Å². The SMILES string of the molecule is Cc1nc(Cc2ccccc2)sc1C(=O)NCc1ccc2c(c1)OCCO2. The third-order valence-corrected chi connectivity index (χ3v) is 5.46. The first-order chi connectivity index (χ1) is 13.2. The molecule has 1 N–H and O–H groups in total. The second kappa shape index (κ2) is 7.80. The fourth-order valence-electron chi connectivity index (χ4n) is 2.97. The van der Waals surface area contributed by atoms with Crippen LogP contribution in [-0.4, -0.2) is 24.1 Å². The Hall–Kier alpha value is -2.86. The van der Waals surface area contributed by atoms with Crippen LogP contribution in [0.2, 0.25) is 0 Å². The number of hydrogen-bond acceptors (Lipinski definition) is 5. The largest absolute Gasteiger partial charge is 0.486 e. The number of carbonyl (C=O) groups is 1. The number of amides is 1. The first-order valence-corrected chi connectivity index (χ1v) is 9.67. The van der Waals surface area contributed by atoms with Crippen molar-refractivity contribution in [3.05, 3.63) is 75.2 Å². The molecule has 27 heavy (non-hydrogen) atoms. The minimum Gasteiger partial charge on any atom is -0.486 e. The minimum absolute atomic E-state index is 0.0980. The van der Waals surface area contributed by atoms with Crippen LogP contribution in [-0.2, 0) is 13.0 Å². The molecule has 0 bridgehead atoms. The molecule has 1 amide bonds. The Bertz CT molecular complexity index is 953. The van der Waals surface area contributed by atoms with Crippen molar-refractivity contribution in [2.45, 2.75) is 19.9 Å². The zero-order valence-electron chi connectivity index (χ0n) is 15.0. The van der Waals surface area contributed by atoms with Gasteiger partial charge in [-0.15, -0.1) is 11.3 Å². The van der Waals surface area contributed by atoms with Crippen molar-refractivity contribution in [2.24, 2.45) is 0 Å². The zero-order valence-corrected chi connectivity index (χ0v) is 15.8. The highest BCUT2D eigenvalue weighted by molar-refractivity contribution is 7.13. The smallest absolute Gasteiger partial charge is 0.263 e. The molecule has 1 aromatic heterocycles. The van der Waals surface area contributed by atoms with Crippen LogP contribution in [0.25, 0.3) is 0 Å². The molecule has 138 valence electrons. The Morgan fingerprint density at radius 3 is 2.67 bits per heavy atom. The molecule has 3 aromatic rings. The molecule has 0 aliphatic carbocycles. The van der Waals surface area contributed by atoms with E-state index in [1.54, 1.807) is 0 Å². The van der Waals surface area contributed by atoms with Gasteiger partial charge < -0.3 is 14.8 Å². The highest BCUT2D eigenvalue weighted by Gasteiger charge is 2.16. The number of benzene rings is 2. The number of fused-ring (bicyclic) bond motifs is 1. The van der Waals surface area contributed by atoms with E-state index in [-0.39, 0.29) is 5.91 Å². The van der Waals surface area contributed by atoms with Gasteiger partial charge in [0.15, 0.2) is 11.5 Å². The van der Waals surface area contributed by atoms with Crippen molar-refractivity contribution in [2.75, 3.05) is 13.2 Å². The van der Waals surface area contributed by atoms with Gasteiger partial charge in [0.05, 0.1) is 10.7 Å². The van der Waals surface area contributed by atoms with Gasteiger partial charge in [0.2, 0.25) is 0 Å². The van der Waals surface area contributed by atoms with Gasteiger partial charge in [0.1, 0.15) is 18.1 Å². The highest BCUT2D eigenvalue weighted by Crippen LogP contribution is 2.30. The van der Waals surface area contributed by atoms with E-state index in [0.29, 0.717) is 24.6 Å². The maximum Gasteiger partial charge on any atom is 0.263 e. The summed E-state index contributed by atoms with van der Waals surface area (Å²) in [5, 5.41) is 3.92. The standard InChI is InChI=1S/C21H20N2O3S/c1-14-20(27-19(23-14)12-15-5-3-2-4-6-15)21(24)22-13-16-7-8-17-18(11-16)26-10-9-25-17/h2-8,11H,9-10,12-13H2,1H3,(H,22,24). The Morgan fingerprint density at radius 2 is 1.85 bits per heavy atom. The van der Waals surface area contributed by atoms with E-state index in [4.69, 9.17) is 9.47 Å². The van der Waals surface area contributed by atoms with Crippen molar-refractivity contribution >= 4 is 17.2 Å². The summed E-state index contributed by atoms with van der Waals surface area (Å²) in [5.74, 6) is 1.38. The molecule has 5 nitrogen and oxygen atoms in total. The third kappa shape index (κ3) is 4.11. The number of rotatable bonds is 5. The molecule has 0 atom stereocenters. The van der Waals surface area contributed by atoms with Gasteiger partial charge in [0.25, 0.3) is 5.91 Å². The lowest BCUT2D eigenvalue weighted by Crippen LogP contribution is -2.23. The lowest BCUT2D eigenvalue weighted by molar-refractivity contribution is 0.0954. The first-order valence-electron chi connectivity index (χ1n) is 8.86. The van der Waals surface area contributed by atoms with Crippen LogP contribution in [0.4, 0.5) is 0 Å². The van der Waals surface area contributed by atoms with Gasteiger partial charge in [0, 0.05) is 13.0 Å². The second-order valence-electron chi connectivity index (χ2n) is 6.35. The summed E-state index contributed by atoms with van der Waals surface area (Å²) in [6.45, 7) is 3.43. The van der Waals surface area contributed by atoms with E-state index < -0.39 is 0 Å². The first kappa shape index (κ1) is 17.5. The number of aryl methyl sites for hydroxylation is 1. The highest BCUT2D eigenvalue weighted by atomic mass is 32.1. The average Bonchev–Trinajstić information content (AvgIpc) is 3.07. The average molecular weight is 380 g/mol. The fraction of sp³-hybridized carbons (Fsp3) is 0.238. The second-order valence-corrected chi connectivity index (χ2v) is 7.43. The quantitative estimate of drug-likeness (QED) is 0.732. The number of thiazole rings is 1. The van der Waals surface area contributed by atoms with Gasteiger partial charge in [-0.25, -0.2) is 4.98 Å². The van der Waals surface area contributed by atoms with Crippen LogP contribution in [0.5, 0.6) is 11.5 Å². The Labute approximate surface area is 162 Å². The monoisotopic (exact) mass is 380 g/mol. The van der Waals surface area contributed by atoms with E-state index >= 15 is 0 Å². The van der Waals surface area contributed by atoms with Crippen LogP contribution in [0.15, 0.2) is 48.5 Å². The molecule has 2 aromatic carbocycles. The zero-order chi connectivity index (χ0) is 18.6. The molecule has 0 fully saturated rings. The fourth-order valence-corrected chi connectivity index (χ4v) is 3.98. The van der Waals surface area contributed by atoms with Crippen molar-refractivity contribution in [1.29, 1.82) is 0 Å². The lowest BCUT2D eigenvalue weighted by atomic mass is 10.2. The summed E-state index contributed by atoms with van der Waals surface area (Å²) < 4.78 is 11.1. The number of ether oxygens (including phenoxy) is 2. The molecule has 4 rings (SSSR count). The molecule has 2 heterocycles. The number of hydrogen-bond donors (Lipinski definition) is 1. The van der Waals surface area contributed by atoms with E-state index in [0.717, 1.165) is 34.2 Å². The summed E-state index contributed by atoms with van der Waals surface area (Å²) in [5.41, 5.74) is 2.93. The van der Waals surface area contributed by atoms with Gasteiger partial charge in [-0.3, -0.25) is 4.79 Å². The molecule has 0 unspecified atom stereocenters. The summed E-state index contributed by atoms with van der Waals surface area (Å²) in [6.07, 6.45) is 0.738. The summed E-state index contributed by atoms with van der Waals surface area (Å²) in [4.78, 5) is 17.8. The molecular weight excluding hydrogens is 360 g/mol. The molecule has 0 radical (unpaired) electrons. The van der Waals surface area contributed by atoms with Gasteiger partial charge in [-0.1, -0.05) is 36.4 Å². The Balaban J connectivity index is 1.41. The summed E-state index contributed by atoms with van der Waals surface area (Å²) >= 11 is 1.45. The van der Waals surface area contributed by atoms with Crippen LogP contribution in [0.1, 0.15) is 31.5 Å². The van der Waals surface area contributed by atoms with E-state index in [1.807, 2.05) is 43.3 Å². The van der Waals surface area contributed by atoms with Gasteiger partial charge in [-0.2, -0.15) is 0 Å². The molecule has 0 saturated heterocycles. The molecule has 0 spiro atoms. The molecular formula is C21H20N2O3S. The summed E-state index contributed by atoms with van der Waals surface area (Å²) in [6, 6.07) is 15.9. The number of aromatic nitrogens is 1. The minimum atomic E-state index is -0.0980. The molecule has 1 aliphatic rings. The van der Waals surface area contributed by atoms with Crippen molar-refractivity contribution < 1.29 is 14.3 Å². The maximum atomic E-state index is 12.6. The Morgan fingerprint density at radius 1 is 1.07 bits per heavy atom. The van der Waals surface area contributed by atoms with E-state index in [9.17, 15) is 4.79 Å². The lowest BCUT2D eigenvalue weighted by Gasteiger charge is -2.18. The van der Waals surface area contributed by atoms with Crippen molar-refractivity contribution in [3.63, 3.8) is 0 Å². The van der Waals surface area contributed by atoms with E-state index in [1.165, 1.54) is 16.9 Å². The predicted octanol–water partition coefficient (Wildman–Crippen LogP) is 3.74. The normalized spacial score (nSPS) is 12.6.